The zero-order valence-corrected chi connectivity index (χ0v) is 10.7. The maximum Gasteiger partial charge on any atom is 0.224 e. The van der Waals surface area contributed by atoms with Gasteiger partial charge in [-0.15, -0.1) is 0 Å². The summed E-state index contributed by atoms with van der Waals surface area (Å²) < 4.78 is 0. The standard InChI is InChI=1S/C15H19NO2/c1-11(17)13-6-8-14(9-7-13)16-15(18)10-12-4-2-3-5-12/h6-9,12H,2-5,10H2,1H3,(H,16,18). The minimum atomic E-state index is 0.0406. The SMILES string of the molecule is CC(=O)c1ccc(NC(=O)CC2CCCC2)cc1. The van der Waals surface area contributed by atoms with Gasteiger partial charge in [0.2, 0.25) is 5.91 Å². The second-order valence-electron chi connectivity index (χ2n) is 5.04. The third-order valence-electron chi connectivity index (χ3n) is 3.52. The summed E-state index contributed by atoms with van der Waals surface area (Å²) in [4.78, 5) is 22.9. The van der Waals surface area contributed by atoms with Gasteiger partial charge >= 0.3 is 0 Å². The van der Waals surface area contributed by atoms with Crippen molar-refractivity contribution >= 4 is 17.4 Å². The second-order valence-corrected chi connectivity index (χ2v) is 5.04. The molecular formula is C15H19NO2. The summed E-state index contributed by atoms with van der Waals surface area (Å²) >= 11 is 0. The average Bonchev–Trinajstić information content (AvgIpc) is 2.82. The normalized spacial score (nSPS) is 15.6. The summed E-state index contributed by atoms with van der Waals surface area (Å²) in [6.45, 7) is 1.54. The Morgan fingerprint density at radius 2 is 1.78 bits per heavy atom. The van der Waals surface area contributed by atoms with E-state index in [0.29, 0.717) is 17.9 Å². The average molecular weight is 245 g/mol. The van der Waals surface area contributed by atoms with Crippen molar-refractivity contribution in [3.8, 4) is 0 Å². The Morgan fingerprint density at radius 3 is 2.33 bits per heavy atom. The molecule has 1 amide bonds. The van der Waals surface area contributed by atoms with Crippen LogP contribution in [0.5, 0.6) is 0 Å². The highest BCUT2D eigenvalue weighted by Gasteiger charge is 2.18. The van der Waals surface area contributed by atoms with E-state index in [1.807, 2.05) is 0 Å². The van der Waals surface area contributed by atoms with E-state index in [1.54, 1.807) is 24.3 Å². The van der Waals surface area contributed by atoms with Crippen LogP contribution < -0.4 is 5.32 Å². The molecule has 1 aromatic carbocycles. The topological polar surface area (TPSA) is 46.2 Å². The van der Waals surface area contributed by atoms with E-state index in [4.69, 9.17) is 0 Å². The molecule has 0 unspecified atom stereocenters. The lowest BCUT2D eigenvalue weighted by molar-refractivity contribution is -0.117. The predicted octanol–water partition coefficient (Wildman–Crippen LogP) is 3.41. The van der Waals surface area contributed by atoms with Gasteiger partial charge in [-0.1, -0.05) is 12.8 Å². The molecule has 0 radical (unpaired) electrons. The first-order chi connectivity index (χ1) is 8.65. The summed E-state index contributed by atoms with van der Waals surface area (Å²) in [6.07, 6.45) is 5.48. The molecule has 0 aromatic heterocycles. The molecule has 0 spiro atoms. The van der Waals surface area contributed by atoms with Crippen LogP contribution in [0.3, 0.4) is 0 Å². The van der Waals surface area contributed by atoms with Gasteiger partial charge in [0.15, 0.2) is 5.78 Å². The molecule has 1 aliphatic carbocycles. The number of hydrogen-bond acceptors (Lipinski definition) is 2. The van der Waals surface area contributed by atoms with Gasteiger partial charge in [-0.05, 0) is 49.9 Å². The number of Topliss-reactive ketones (excluding diaryl/α,β-unsaturated/α-hetero) is 1. The van der Waals surface area contributed by atoms with Crippen molar-refractivity contribution < 1.29 is 9.59 Å². The van der Waals surface area contributed by atoms with Crippen molar-refractivity contribution in [3.63, 3.8) is 0 Å². The Bertz CT molecular complexity index is 430. The zero-order valence-electron chi connectivity index (χ0n) is 10.7. The van der Waals surface area contributed by atoms with Crippen LogP contribution in [0.25, 0.3) is 0 Å². The molecule has 1 fully saturated rings. The molecule has 0 aliphatic heterocycles. The monoisotopic (exact) mass is 245 g/mol. The number of amides is 1. The summed E-state index contributed by atoms with van der Waals surface area (Å²) in [5, 5.41) is 2.88. The van der Waals surface area contributed by atoms with E-state index in [0.717, 1.165) is 5.69 Å². The highest BCUT2D eigenvalue weighted by Crippen LogP contribution is 2.27. The molecule has 1 aliphatic rings. The molecule has 3 heteroatoms. The minimum absolute atomic E-state index is 0.0406. The maximum atomic E-state index is 11.8. The third kappa shape index (κ3) is 3.42. The molecule has 0 bridgehead atoms. The third-order valence-corrected chi connectivity index (χ3v) is 3.52. The molecular weight excluding hydrogens is 226 g/mol. The number of rotatable bonds is 4. The van der Waals surface area contributed by atoms with E-state index in [9.17, 15) is 9.59 Å². The molecule has 1 saturated carbocycles. The lowest BCUT2D eigenvalue weighted by Crippen LogP contribution is -2.15. The molecule has 1 aromatic rings. The molecule has 2 rings (SSSR count). The first-order valence-corrected chi connectivity index (χ1v) is 6.56. The van der Waals surface area contributed by atoms with E-state index in [2.05, 4.69) is 5.32 Å². The Balaban J connectivity index is 1.88. The van der Waals surface area contributed by atoms with Crippen molar-refractivity contribution in [1.29, 1.82) is 0 Å². The van der Waals surface area contributed by atoms with Crippen LogP contribution in [0.4, 0.5) is 5.69 Å². The van der Waals surface area contributed by atoms with Crippen LogP contribution >= 0.6 is 0 Å². The number of anilines is 1. The van der Waals surface area contributed by atoms with E-state index in [-0.39, 0.29) is 11.7 Å². The van der Waals surface area contributed by atoms with Gasteiger partial charge in [-0.3, -0.25) is 9.59 Å². The van der Waals surface area contributed by atoms with Gasteiger partial charge in [0, 0.05) is 17.7 Å². The van der Waals surface area contributed by atoms with Crippen molar-refractivity contribution in [2.24, 2.45) is 5.92 Å². The maximum absolute atomic E-state index is 11.8. The van der Waals surface area contributed by atoms with Crippen molar-refractivity contribution in [3.05, 3.63) is 29.8 Å². The quantitative estimate of drug-likeness (QED) is 0.826. The fourth-order valence-corrected chi connectivity index (χ4v) is 2.48. The van der Waals surface area contributed by atoms with E-state index < -0.39 is 0 Å². The van der Waals surface area contributed by atoms with Crippen LogP contribution in [0.15, 0.2) is 24.3 Å². The largest absolute Gasteiger partial charge is 0.326 e. The summed E-state index contributed by atoms with van der Waals surface area (Å²) in [5.41, 5.74) is 1.44. The molecule has 0 saturated heterocycles. The summed E-state index contributed by atoms with van der Waals surface area (Å²) in [6, 6.07) is 7.05. The molecule has 0 atom stereocenters. The van der Waals surface area contributed by atoms with Crippen LogP contribution in [0.2, 0.25) is 0 Å². The number of nitrogens with one attached hydrogen (secondary N) is 1. The molecule has 0 heterocycles. The number of ketones is 1. The van der Waals surface area contributed by atoms with E-state index in [1.165, 1.54) is 32.6 Å². The predicted molar refractivity (Wildman–Crippen MR) is 71.7 cm³/mol. The lowest BCUT2D eigenvalue weighted by atomic mass is 10.0. The van der Waals surface area contributed by atoms with Gasteiger partial charge in [0.25, 0.3) is 0 Å². The van der Waals surface area contributed by atoms with Crippen molar-refractivity contribution in [2.45, 2.75) is 39.0 Å². The second kappa shape index (κ2) is 5.80. The fourth-order valence-electron chi connectivity index (χ4n) is 2.48. The van der Waals surface area contributed by atoms with Crippen LogP contribution in [-0.4, -0.2) is 11.7 Å². The van der Waals surface area contributed by atoms with Gasteiger partial charge in [0.1, 0.15) is 0 Å². The Morgan fingerprint density at radius 1 is 1.17 bits per heavy atom. The van der Waals surface area contributed by atoms with E-state index >= 15 is 0 Å². The zero-order chi connectivity index (χ0) is 13.0. The highest BCUT2D eigenvalue weighted by molar-refractivity contribution is 5.95. The fraction of sp³-hybridized carbons (Fsp3) is 0.467. The van der Waals surface area contributed by atoms with Crippen LogP contribution in [0.1, 0.15) is 49.4 Å². The Hall–Kier alpha value is -1.64. The van der Waals surface area contributed by atoms with Crippen molar-refractivity contribution in [2.75, 3.05) is 5.32 Å². The number of carbonyl (C=O) groups is 2. The van der Waals surface area contributed by atoms with Crippen LogP contribution in [0, 0.1) is 5.92 Å². The first kappa shape index (κ1) is 12.8. The van der Waals surface area contributed by atoms with Crippen LogP contribution in [-0.2, 0) is 4.79 Å². The highest BCUT2D eigenvalue weighted by atomic mass is 16.1. The molecule has 3 nitrogen and oxygen atoms in total. The minimum Gasteiger partial charge on any atom is -0.326 e. The number of benzene rings is 1. The summed E-state index contributed by atoms with van der Waals surface area (Å²) in [5.74, 6) is 0.679. The first-order valence-electron chi connectivity index (χ1n) is 6.56. The summed E-state index contributed by atoms with van der Waals surface area (Å²) in [7, 11) is 0. The van der Waals surface area contributed by atoms with Gasteiger partial charge in [0.05, 0.1) is 0 Å². The number of hydrogen-bond donors (Lipinski definition) is 1. The van der Waals surface area contributed by atoms with Gasteiger partial charge in [-0.25, -0.2) is 0 Å². The molecule has 1 N–H and O–H groups in total. The van der Waals surface area contributed by atoms with Gasteiger partial charge in [-0.2, -0.15) is 0 Å². The lowest BCUT2D eigenvalue weighted by Gasteiger charge is -2.09. The molecule has 18 heavy (non-hydrogen) atoms. The Kier molecular flexibility index (Phi) is 4.13. The van der Waals surface area contributed by atoms with Crippen molar-refractivity contribution in [1.82, 2.24) is 0 Å². The Labute approximate surface area is 108 Å². The smallest absolute Gasteiger partial charge is 0.224 e. The number of carbonyl (C=O) groups excluding carboxylic acids is 2. The molecule has 96 valence electrons. The van der Waals surface area contributed by atoms with Gasteiger partial charge < -0.3 is 5.32 Å².